The smallest absolute Gasteiger partial charge is 0.381 e. The van der Waals surface area contributed by atoms with Crippen molar-refractivity contribution in [3.05, 3.63) is 65.2 Å². The van der Waals surface area contributed by atoms with Crippen LogP contribution in [-0.4, -0.2) is 49.3 Å². The van der Waals surface area contributed by atoms with Gasteiger partial charge in [0.1, 0.15) is 0 Å². The van der Waals surface area contributed by atoms with Crippen molar-refractivity contribution in [1.82, 2.24) is 10.6 Å². The maximum atomic E-state index is 12.9. The molecular formula is C23H24F3N3O5S. The summed E-state index contributed by atoms with van der Waals surface area (Å²) in [6.45, 7) is 3.47. The van der Waals surface area contributed by atoms with Gasteiger partial charge in [-0.2, -0.15) is 21.6 Å². The van der Waals surface area contributed by atoms with E-state index in [-0.39, 0.29) is 11.7 Å². The zero-order chi connectivity index (χ0) is 25.8. The summed E-state index contributed by atoms with van der Waals surface area (Å²) in [6, 6.07) is 15.6. The highest BCUT2D eigenvalue weighted by Crippen LogP contribution is 2.37. The molecule has 0 saturated carbocycles. The predicted molar refractivity (Wildman–Crippen MR) is 125 cm³/mol. The number of carbonyl (C=O) groups excluding carboxylic acids is 2. The molecule has 0 aliphatic carbocycles. The van der Waals surface area contributed by atoms with Crippen molar-refractivity contribution in [3.63, 3.8) is 0 Å². The minimum Gasteiger partial charge on any atom is -0.381 e. The third-order valence-corrected chi connectivity index (χ3v) is 6.05. The number of rotatable bonds is 4. The molecule has 1 amide bonds. The van der Waals surface area contributed by atoms with Crippen LogP contribution in [0.15, 0.2) is 48.5 Å². The van der Waals surface area contributed by atoms with Crippen LogP contribution in [0, 0.1) is 0 Å². The van der Waals surface area contributed by atoms with E-state index in [1.54, 1.807) is 13.0 Å². The molecule has 4 N–H and O–H groups in total. The zero-order valence-corrected chi connectivity index (χ0v) is 19.5. The first-order valence-electron chi connectivity index (χ1n) is 10.7. The molecule has 2 aliphatic rings. The summed E-state index contributed by atoms with van der Waals surface area (Å²) in [7, 11) is -5.84. The molecule has 35 heavy (non-hydrogen) atoms. The molecule has 0 spiro atoms. The Morgan fingerprint density at radius 1 is 1.06 bits per heavy atom. The molecule has 0 unspecified atom stereocenters. The molecule has 0 radical (unpaired) electrons. The lowest BCUT2D eigenvalue weighted by Gasteiger charge is -2.27. The molecule has 1 fully saturated rings. The summed E-state index contributed by atoms with van der Waals surface area (Å²) < 4.78 is 57.5. The Hall–Kier alpha value is -3.22. The zero-order valence-electron chi connectivity index (χ0n) is 18.6. The molecule has 188 valence electrons. The highest BCUT2D eigenvalue weighted by Gasteiger charge is 2.44. The number of ketones is 1. The molecule has 2 aromatic carbocycles. The van der Waals surface area contributed by atoms with Gasteiger partial charge in [-0.3, -0.25) is 14.1 Å². The first-order chi connectivity index (χ1) is 16.4. The van der Waals surface area contributed by atoms with E-state index in [1.807, 2.05) is 42.5 Å². The van der Waals surface area contributed by atoms with Crippen LogP contribution < -0.4 is 16.0 Å². The van der Waals surface area contributed by atoms with E-state index in [2.05, 4.69) is 16.0 Å². The van der Waals surface area contributed by atoms with E-state index in [4.69, 9.17) is 13.0 Å². The van der Waals surface area contributed by atoms with Gasteiger partial charge in [0.2, 0.25) is 0 Å². The topological polar surface area (TPSA) is 125 Å². The summed E-state index contributed by atoms with van der Waals surface area (Å²) in [6.07, 6.45) is 2.01. The SMILES string of the molecule is CC(=O)c1ccc2c(c1)C(=C(NC1CCNCC1)c1ccccc1)C(=O)N2.O=S(=O)(O)C(F)(F)F. The van der Waals surface area contributed by atoms with Gasteiger partial charge in [0.25, 0.3) is 5.91 Å². The number of halogens is 3. The molecule has 8 nitrogen and oxygen atoms in total. The average molecular weight is 512 g/mol. The van der Waals surface area contributed by atoms with Crippen molar-refractivity contribution in [3.8, 4) is 0 Å². The Labute approximate surface area is 200 Å². The van der Waals surface area contributed by atoms with Crippen LogP contribution >= 0.6 is 0 Å². The quantitative estimate of drug-likeness (QED) is 0.215. The van der Waals surface area contributed by atoms with Gasteiger partial charge in [-0.05, 0) is 56.6 Å². The summed E-state index contributed by atoms with van der Waals surface area (Å²) in [5.74, 6) is -0.143. The number of hydrogen-bond acceptors (Lipinski definition) is 6. The number of hydrogen-bond donors (Lipinski definition) is 4. The molecule has 4 rings (SSSR count). The molecule has 2 heterocycles. The number of Topliss-reactive ketones (excluding diaryl/α,β-unsaturated/α-hetero) is 1. The predicted octanol–water partition coefficient (Wildman–Crippen LogP) is 3.45. The summed E-state index contributed by atoms with van der Waals surface area (Å²) in [5, 5.41) is 9.94. The fourth-order valence-electron chi connectivity index (χ4n) is 3.71. The number of carbonyl (C=O) groups is 2. The number of alkyl halides is 3. The number of nitrogens with one attached hydrogen (secondary N) is 3. The number of piperidine rings is 1. The second kappa shape index (κ2) is 10.6. The Balaban J connectivity index is 0.000000371. The van der Waals surface area contributed by atoms with Crippen LogP contribution in [0.4, 0.5) is 18.9 Å². The lowest BCUT2D eigenvalue weighted by Crippen LogP contribution is -2.39. The standard InChI is InChI=1S/C22H23N3O2.CHF3O3S/c1-14(26)16-7-8-19-18(13-16)20(22(27)25-19)21(15-5-3-2-4-6-15)24-17-9-11-23-12-10-17;2-1(3,4)8(5,6)7/h2-8,13,17,23-24H,9-12H2,1H3,(H,25,27);(H,5,6,7). The van der Waals surface area contributed by atoms with Crippen LogP contribution in [0.1, 0.15) is 41.3 Å². The normalized spacial score (nSPS) is 17.6. The van der Waals surface area contributed by atoms with E-state index < -0.39 is 15.6 Å². The summed E-state index contributed by atoms with van der Waals surface area (Å²) in [5.41, 5.74) is -0.974. The maximum absolute atomic E-state index is 12.9. The van der Waals surface area contributed by atoms with Gasteiger partial charge in [-0.15, -0.1) is 0 Å². The fraction of sp³-hybridized carbons (Fsp3) is 0.304. The van der Waals surface area contributed by atoms with E-state index in [0.717, 1.165) is 48.4 Å². The lowest BCUT2D eigenvalue weighted by molar-refractivity contribution is -0.110. The van der Waals surface area contributed by atoms with E-state index >= 15 is 0 Å². The van der Waals surface area contributed by atoms with Gasteiger partial charge in [-0.1, -0.05) is 30.3 Å². The number of anilines is 1. The number of fused-ring (bicyclic) bond motifs is 1. The lowest BCUT2D eigenvalue weighted by atomic mass is 9.96. The third kappa shape index (κ3) is 6.47. The molecule has 1 saturated heterocycles. The average Bonchev–Trinajstić information content (AvgIpc) is 3.12. The van der Waals surface area contributed by atoms with Crippen LogP contribution in [0.2, 0.25) is 0 Å². The minimum absolute atomic E-state index is 0.0101. The van der Waals surface area contributed by atoms with Crippen molar-refractivity contribution < 1.29 is 35.7 Å². The second-order valence-electron chi connectivity index (χ2n) is 7.98. The van der Waals surface area contributed by atoms with E-state index in [0.29, 0.717) is 17.2 Å². The largest absolute Gasteiger partial charge is 0.522 e. The Morgan fingerprint density at radius 2 is 1.66 bits per heavy atom. The highest BCUT2D eigenvalue weighted by atomic mass is 32.2. The summed E-state index contributed by atoms with van der Waals surface area (Å²) >= 11 is 0. The van der Waals surface area contributed by atoms with Crippen molar-refractivity contribution >= 4 is 38.8 Å². The van der Waals surface area contributed by atoms with Gasteiger partial charge in [-0.25, -0.2) is 0 Å². The highest BCUT2D eigenvalue weighted by molar-refractivity contribution is 7.86. The first-order valence-corrected chi connectivity index (χ1v) is 12.1. The molecule has 12 heteroatoms. The Kier molecular flexibility index (Phi) is 7.98. The second-order valence-corrected chi connectivity index (χ2v) is 9.39. The van der Waals surface area contributed by atoms with Crippen LogP contribution in [0.25, 0.3) is 11.3 Å². The molecule has 0 bridgehead atoms. The third-order valence-electron chi connectivity index (χ3n) is 5.46. The van der Waals surface area contributed by atoms with E-state index in [1.165, 1.54) is 0 Å². The van der Waals surface area contributed by atoms with E-state index in [9.17, 15) is 22.8 Å². The molecule has 2 aromatic rings. The maximum Gasteiger partial charge on any atom is 0.522 e. The van der Waals surface area contributed by atoms with Crippen molar-refractivity contribution in [2.75, 3.05) is 18.4 Å². The van der Waals surface area contributed by atoms with Crippen LogP contribution in [0.3, 0.4) is 0 Å². The number of amides is 1. The minimum atomic E-state index is -5.84. The monoisotopic (exact) mass is 511 g/mol. The van der Waals surface area contributed by atoms with Gasteiger partial charge in [0, 0.05) is 22.9 Å². The molecular weight excluding hydrogens is 487 g/mol. The van der Waals surface area contributed by atoms with Crippen LogP contribution in [-0.2, 0) is 14.9 Å². The van der Waals surface area contributed by atoms with Crippen molar-refractivity contribution in [2.45, 2.75) is 31.3 Å². The van der Waals surface area contributed by atoms with Gasteiger partial charge < -0.3 is 16.0 Å². The van der Waals surface area contributed by atoms with Gasteiger partial charge >= 0.3 is 15.6 Å². The van der Waals surface area contributed by atoms with Crippen molar-refractivity contribution in [1.29, 1.82) is 0 Å². The fourth-order valence-corrected chi connectivity index (χ4v) is 3.71. The molecule has 0 aromatic heterocycles. The Morgan fingerprint density at radius 3 is 2.20 bits per heavy atom. The summed E-state index contributed by atoms with van der Waals surface area (Å²) in [4.78, 5) is 24.7. The number of benzene rings is 2. The first kappa shape index (κ1) is 26.4. The van der Waals surface area contributed by atoms with Gasteiger partial charge in [0.05, 0.1) is 11.3 Å². The van der Waals surface area contributed by atoms with Gasteiger partial charge in [0.15, 0.2) is 5.78 Å². The van der Waals surface area contributed by atoms with Crippen molar-refractivity contribution in [2.24, 2.45) is 0 Å². The van der Waals surface area contributed by atoms with Crippen LogP contribution in [0.5, 0.6) is 0 Å². The molecule has 0 atom stereocenters. The molecule has 2 aliphatic heterocycles. The Bertz CT molecular complexity index is 1240.